The molecule has 0 spiro atoms. The SMILES string of the molecule is C=CCc1ccccc1OCc1ccc(C(=O)NCc2cc(C)nn2C)o1. The molecule has 1 aromatic carbocycles. The van der Waals surface area contributed by atoms with Crippen LogP contribution in [0.5, 0.6) is 5.75 Å². The molecule has 2 heterocycles. The van der Waals surface area contributed by atoms with Gasteiger partial charge in [0.15, 0.2) is 5.76 Å². The third kappa shape index (κ3) is 4.67. The lowest BCUT2D eigenvalue weighted by molar-refractivity contribution is 0.0918. The van der Waals surface area contributed by atoms with Crippen LogP contribution in [0.15, 0.2) is 59.5 Å². The number of allylic oxidation sites excluding steroid dienone is 1. The summed E-state index contributed by atoms with van der Waals surface area (Å²) < 4.78 is 13.2. The minimum Gasteiger partial charge on any atom is -0.485 e. The molecular weight excluding hydrogens is 342 g/mol. The number of carbonyl (C=O) groups excluding carboxylic acids is 1. The van der Waals surface area contributed by atoms with Crippen molar-refractivity contribution in [2.75, 3.05) is 0 Å². The number of para-hydroxylation sites is 1. The zero-order valence-corrected chi connectivity index (χ0v) is 15.6. The van der Waals surface area contributed by atoms with Gasteiger partial charge in [-0.3, -0.25) is 9.48 Å². The molecule has 6 heteroatoms. The fourth-order valence-electron chi connectivity index (χ4n) is 2.78. The van der Waals surface area contributed by atoms with Gasteiger partial charge in [0.2, 0.25) is 0 Å². The lowest BCUT2D eigenvalue weighted by Crippen LogP contribution is -2.23. The Labute approximate surface area is 158 Å². The van der Waals surface area contributed by atoms with Crippen LogP contribution < -0.4 is 10.1 Å². The predicted octanol–water partition coefficient (Wildman–Crippen LogP) is 3.56. The van der Waals surface area contributed by atoms with Gasteiger partial charge in [-0.15, -0.1) is 6.58 Å². The van der Waals surface area contributed by atoms with Gasteiger partial charge >= 0.3 is 0 Å². The molecular formula is C21H23N3O3. The van der Waals surface area contributed by atoms with Crippen molar-refractivity contribution in [1.82, 2.24) is 15.1 Å². The summed E-state index contributed by atoms with van der Waals surface area (Å²) in [5.41, 5.74) is 2.90. The van der Waals surface area contributed by atoms with Gasteiger partial charge in [0.1, 0.15) is 18.1 Å². The summed E-state index contributed by atoms with van der Waals surface area (Å²) in [6.07, 6.45) is 2.57. The Morgan fingerprint density at radius 3 is 2.89 bits per heavy atom. The first-order valence-corrected chi connectivity index (χ1v) is 8.75. The first-order chi connectivity index (χ1) is 13.1. The van der Waals surface area contributed by atoms with Crippen molar-refractivity contribution < 1.29 is 13.9 Å². The standard InChI is InChI=1S/C21H23N3O3/c1-4-7-16-8-5-6-9-19(16)26-14-18-10-11-20(27-18)21(25)22-13-17-12-15(2)23-24(17)3/h4-6,8-12H,1,7,13-14H2,2-3H3,(H,22,25). The van der Waals surface area contributed by atoms with Crippen LogP contribution in [-0.2, 0) is 26.6 Å². The van der Waals surface area contributed by atoms with Crippen LogP contribution in [0, 0.1) is 6.92 Å². The van der Waals surface area contributed by atoms with E-state index < -0.39 is 0 Å². The average Bonchev–Trinajstić information content (AvgIpc) is 3.25. The maximum absolute atomic E-state index is 12.3. The Hall–Kier alpha value is -3.28. The summed E-state index contributed by atoms with van der Waals surface area (Å²) in [6, 6.07) is 13.1. The van der Waals surface area contributed by atoms with Crippen LogP contribution in [0.25, 0.3) is 0 Å². The second-order valence-corrected chi connectivity index (χ2v) is 6.24. The monoisotopic (exact) mass is 365 g/mol. The van der Waals surface area contributed by atoms with E-state index in [0.29, 0.717) is 12.3 Å². The summed E-state index contributed by atoms with van der Waals surface area (Å²) in [7, 11) is 1.85. The van der Waals surface area contributed by atoms with Gasteiger partial charge in [0.05, 0.1) is 17.9 Å². The van der Waals surface area contributed by atoms with E-state index in [4.69, 9.17) is 9.15 Å². The van der Waals surface area contributed by atoms with Gasteiger partial charge < -0.3 is 14.5 Å². The highest BCUT2D eigenvalue weighted by Crippen LogP contribution is 2.20. The molecule has 0 radical (unpaired) electrons. The molecule has 27 heavy (non-hydrogen) atoms. The number of carbonyl (C=O) groups is 1. The van der Waals surface area contributed by atoms with Crippen molar-refractivity contribution >= 4 is 5.91 Å². The summed E-state index contributed by atoms with van der Waals surface area (Å²) in [5.74, 6) is 1.36. The smallest absolute Gasteiger partial charge is 0.287 e. The summed E-state index contributed by atoms with van der Waals surface area (Å²) in [5, 5.41) is 7.10. The number of rotatable bonds is 8. The van der Waals surface area contributed by atoms with Crippen LogP contribution in [0.3, 0.4) is 0 Å². The zero-order valence-electron chi connectivity index (χ0n) is 15.6. The fourth-order valence-corrected chi connectivity index (χ4v) is 2.78. The average molecular weight is 365 g/mol. The number of amides is 1. The number of hydrogen-bond acceptors (Lipinski definition) is 4. The molecule has 0 bridgehead atoms. The molecule has 0 aliphatic rings. The molecule has 0 aliphatic carbocycles. The number of nitrogens with zero attached hydrogens (tertiary/aromatic N) is 2. The molecule has 0 aliphatic heterocycles. The second kappa shape index (κ2) is 8.40. The summed E-state index contributed by atoms with van der Waals surface area (Å²) >= 11 is 0. The van der Waals surface area contributed by atoms with Crippen LogP contribution in [-0.4, -0.2) is 15.7 Å². The molecule has 0 saturated carbocycles. The minimum absolute atomic E-state index is 0.252. The van der Waals surface area contributed by atoms with Crippen LogP contribution in [0.1, 0.15) is 33.3 Å². The summed E-state index contributed by atoms with van der Waals surface area (Å²) in [4.78, 5) is 12.3. The third-order valence-corrected chi connectivity index (χ3v) is 4.12. The second-order valence-electron chi connectivity index (χ2n) is 6.24. The van der Waals surface area contributed by atoms with Gasteiger partial charge in [-0.05, 0) is 43.2 Å². The summed E-state index contributed by atoms with van der Waals surface area (Å²) in [6.45, 7) is 6.31. The van der Waals surface area contributed by atoms with E-state index >= 15 is 0 Å². The predicted molar refractivity (Wildman–Crippen MR) is 102 cm³/mol. The van der Waals surface area contributed by atoms with Crippen molar-refractivity contribution in [2.24, 2.45) is 7.05 Å². The number of nitrogens with one attached hydrogen (secondary N) is 1. The van der Waals surface area contributed by atoms with Crippen molar-refractivity contribution in [3.8, 4) is 5.75 Å². The molecule has 3 aromatic rings. The Kier molecular flexibility index (Phi) is 5.76. The van der Waals surface area contributed by atoms with Gasteiger partial charge in [-0.2, -0.15) is 5.10 Å². The number of furan rings is 1. The lowest BCUT2D eigenvalue weighted by Gasteiger charge is -2.09. The molecule has 1 N–H and O–H groups in total. The fraction of sp³-hybridized carbons (Fsp3) is 0.238. The van der Waals surface area contributed by atoms with Gasteiger partial charge in [-0.25, -0.2) is 0 Å². The van der Waals surface area contributed by atoms with E-state index in [2.05, 4.69) is 17.0 Å². The van der Waals surface area contributed by atoms with E-state index in [9.17, 15) is 4.79 Å². The van der Waals surface area contributed by atoms with Crippen molar-refractivity contribution in [1.29, 1.82) is 0 Å². The maximum atomic E-state index is 12.3. The Bertz CT molecular complexity index is 940. The molecule has 3 rings (SSSR count). The van der Waals surface area contributed by atoms with Gasteiger partial charge in [0.25, 0.3) is 5.91 Å². The molecule has 1 amide bonds. The lowest BCUT2D eigenvalue weighted by atomic mass is 10.1. The molecule has 140 valence electrons. The van der Waals surface area contributed by atoms with E-state index in [1.165, 1.54) is 0 Å². The normalized spacial score (nSPS) is 10.6. The van der Waals surface area contributed by atoms with Crippen molar-refractivity contribution in [3.63, 3.8) is 0 Å². The minimum atomic E-state index is -0.271. The molecule has 0 fully saturated rings. The number of aromatic nitrogens is 2. The number of hydrogen-bond donors (Lipinski definition) is 1. The molecule has 0 unspecified atom stereocenters. The highest BCUT2D eigenvalue weighted by Gasteiger charge is 2.13. The zero-order chi connectivity index (χ0) is 19.2. The van der Waals surface area contributed by atoms with E-state index in [1.54, 1.807) is 16.8 Å². The Balaban J connectivity index is 1.57. The Morgan fingerprint density at radius 2 is 2.15 bits per heavy atom. The highest BCUT2D eigenvalue weighted by molar-refractivity contribution is 5.91. The van der Waals surface area contributed by atoms with Crippen molar-refractivity contribution in [3.05, 3.63) is 83.6 Å². The first kappa shape index (κ1) is 18.5. The molecule has 0 saturated heterocycles. The quantitative estimate of drug-likeness (QED) is 0.620. The number of ether oxygens (including phenoxy) is 1. The van der Waals surface area contributed by atoms with E-state index in [1.807, 2.05) is 50.4 Å². The molecule has 2 aromatic heterocycles. The van der Waals surface area contributed by atoms with Crippen molar-refractivity contribution in [2.45, 2.75) is 26.5 Å². The van der Waals surface area contributed by atoms with Crippen LogP contribution in [0.4, 0.5) is 0 Å². The van der Waals surface area contributed by atoms with Gasteiger partial charge in [0, 0.05) is 7.05 Å². The number of benzene rings is 1. The molecule has 0 atom stereocenters. The molecule has 6 nitrogen and oxygen atoms in total. The van der Waals surface area contributed by atoms with Crippen LogP contribution in [0.2, 0.25) is 0 Å². The topological polar surface area (TPSA) is 69.3 Å². The first-order valence-electron chi connectivity index (χ1n) is 8.75. The van der Waals surface area contributed by atoms with E-state index in [-0.39, 0.29) is 18.3 Å². The largest absolute Gasteiger partial charge is 0.485 e. The maximum Gasteiger partial charge on any atom is 0.287 e. The highest BCUT2D eigenvalue weighted by atomic mass is 16.5. The van der Waals surface area contributed by atoms with Gasteiger partial charge in [-0.1, -0.05) is 24.3 Å². The van der Waals surface area contributed by atoms with Crippen LogP contribution >= 0.6 is 0 Å². The third-order valence-electron chi connectivity index (χ3n) is 4.12. The Morgan fingerprint density at radius 1 is 1.33 bits per heavy atom. The number of aryl methyl sites for hydroxylation is 2. The van der Waals surface area contributed by atoms with E-state index in [0.717, 1.165) is 29.1 Å².